The minimum Gasteiger partial charge on any atom is -0.362 e. The lowest BCUT2D eigenvalue weighted by Gasteiger charge is -2.28. The van der Waals surface area contributed by atoms with Crippen LogP contribution in [0.4, 0.5) is 0 Å². The molecule has 15 heavy (non-hydrogen) atoms. The monoisotopic (exact) mass is 229 g/mol. The summed E-state index contributed by atoms with van der Waals surface area (Å²) in [5.74, 6) is 1.80. The normalized spacial score (nSPS) is 28.6. The Bertz CT molecular complexity index is 255. The molecule has 5 heteroatoms. The van der Waals surface area contributed by atoms with Gasteiger partial charge in [0.15, 0.2) is 5.17 Å². The molecule has 0 aromatic heterocycles. The van der Waals surface area contributed by atoms with Crippen molar-refractivity contribution in [3.63, 3.8) is 0 Å². The average Bonchev–Trinajstić information content (AvgIpc) is 2.18. The number of amidine groups is 1. The Labute approximate surface area is 95.3 Å². The summed E-state index contributed by atoms with van der Waals surface area (Å²) < 4.78 is 0. The Morgan fingerprint density at radius 3 is 3.00 bits per heavy atom. The van der Waals surface area contributed by atoms with Crippen molar-refractivity contribution in [1.29, 1.82) is 0 Å². The van der Waals surface area contributed by atoms with Crippen molar-refractivity contribution in [3.8, 4) is 0 Å². The van der Waals surface area contributed by atoms with Crippen molar-refractivity contribution in [2.75, 3.05) is 18.8 Å². The zero-order valence-electron chi connectivity index (χ0n) is 9.54. The van der Waals surface area contributed by atoms with Gasteiger partial charge in [-0.25, -0.2) is 0 Å². The number of thioether (sulfide) groups is 1. The molecule has 0 saturated carbocycles. The molecule has 1 saturated heterocycles. The molecule has 86 valence electrons. The van der Waals surface area contributed by atoms with E-state index >= 15 is 0 Å². The topological polar surface area (TPSA) is 53.5 Å². The molecule has 1 fully saturated rings. The molecule has 1 amide bonds. The van der Waals surface area contributed by atoms with Crippen LogP contribution in [0.1, 0.15) is 20.8 Å². The molecule has 1 aliphatic heterocycles. The molecule has 0 bridgehead atoms. The van der Waals surface area contributed by atoms with Crippen LogP contribution in [0.15, 0.2) is 4.99 Å². The van der Waals surface area contributed by atoms with Crippen molar-refractivity contribution >= 4 is 22.8 Å². The van der Waals surface area contributed by atoms with E-state index in [9.17, 15) is 4.79 Å². The molecule has 1 rings (SSSR count). The summed E-state index contributed by atoms with van der Waals surface area (Å²) in [7, 11) is 0. The van der Waals surface area contributed by atoms with Gasteiger partial charge in [0.25, 0.3) is 0 Å². The third-order valence-corrected chi connectivity index (χ3v) is 3.64. The SMILES string of the molecule is CC(=O)NCCN=C1NC(C)C(C)CS1. The van der Waals surface area contributed by atoms with Crippen molar-refractivity contribution in [2.45, 2.75) is 26.8 Å². The van der Waals surface area contributed by atoms with E-state index in [-0.39, 0.29) is 5.91 Å². The summed E-state index contributed by atoms with van der Waals surface area (Å²) >= 11 is 1.76. The lowest BCUT2D eigenvalue weighted by molar-refractivity contribution is -0.118. The maximum Gasteiger partial charge on any atom is 0.216 e. The Morgan fingerprint density at radius 1 is 1.67 bits per heavy atom. The van der Waals surface area contributed by atoms with E-state index in [2.05, 4.69) is 29.5 Å². The maximum atomic E-state index is 10.6. The van der Waals surface area contributed by atoms with Crippen LogP contribution in [-0.2, 0) is 4.79 Å². The second-order valence-corrected chi connectivity index (χ2v) is 4.90. The predicted molar refractivity (Wildman–Crippen MR) is 65.2 cm³/mol. The van der Waals surface area contributed by atoms with Gasteiger partial charge in [0, 0.05) is 25.3 Å². The first-order valence-corrected chi connectivity index (χ1v) is 6.26. The number of hydrogen-bond acceptors (Lipinski definition) is 3. The highest BCUT2D eigenvalue weighted by atomic mass is 32.2. The molecule has 2 N–H and O–H groups in total. The highest BCUT2D eigenvalue weighted by molar-refractivity contribution is 8.13. The Kier molecular flexibility index (Phi) is 4.94. The third-order valence-electron chi connectivity index (χ3n) is 2.43. The largest absolute Gasteiger partial charge is 0.362 e. The second-order valence-electron chi connectivity index (χ2n) is 3.89. The number of rotatable bonds is 3. The van der Waals surface area contributed by atoms with Gasteiger partial charge in [-0.15, -0.1) is 0 Å². The van der Waals surface area contributed by atoms with Gasteiger partial charge < -0.3 is 10.6 Å². The predicted octanol–water partition coefficient (Wildman–Crippen LogP) is 0.839. The lowest BCUT2D eigenvalue weighted by atomic mass is 10.1. The molecule has 0 aliphatic carbocycles. The second kappa shape index (κ2) is 6.00. The third kappa shape index (κ3) is 4.55. The van der Waals surface area contributed by atoms with Crippen molar-refractivity contribution in [3.05, 3.63) is 0 Å². The molecular formula is C10H19N3OS. The zero-order valence-corrected chi connectivity index (χ0v) is 10.4. The molecule has 4 nitrogen and oxygen atoms in total. The minimum atomic E-state index is 0.00134. The highest BCUT2D eigenvalue weighted by Gasteiger charge is 2.20. The fourth-order valence-corrected chi connectivity index (χ4v) is 2.38. The van der Waals surface area contributed by atoms with Crippen molar-refractivity contribution in [2.24, 2.45) is 10.9 Å². The van der Waals surface area contributed by atoms with Gasteiger partial charge >= 0.3 is 0 Å². The smallest absolute Gasteiger partial charge is 0.216 e. The van der Waals surface area contributed by atoms with Crippen LogP contribution >= 0.6 is 11.8 Å². The van der Waals surface area contributed by atoms with Gasteiger partial charge in [0.05, 0.1) is 6.54 Å². The number of carbonyl (C=O) groups is 1. The Balaban J connectivity index is 2.25. The van der Waals surface area contributed by atoms with Crippen LogP contribution in [-0.4, -0.2) is 36.0 Å². The first-order valence-electron chi connectivity index (χ1n) is 5.28. The summed E-state index contributed by atoms with van der Waals surface area (Å²) in [4.78, 5) is 15.0. The van der Waals surface area contributed by atoms with E-state index in [0.29, 0.717) is 25.0 Å². The first-order chi connectivity index (χ1) is 7.09. The number of amides is 1. The summed E-state index contributed by atoms with van der Waals surface area (Å²) in [6, 6.07) is 0.491. The molecule has 2 atom stereocenters. The van der Waals surface area contributed by atoms with Crippen LogP contribution in [0, 0.1) is 5.92 Å². The molecular weight excluding hydrogens is 210 g/mol. The number of nitrogens with one attached hydrogen (secondary N) is 2. The zero-order chi connectivity index (χ0) is 11.3. The molecule has 0 radical (unpaired) electrons. The number of aliphatic imine (C=N–C) groups is 1. The summed E-state index contributed by atoms with van der Waals surface area (Å²) in [5.41, 5.74) is 0. The fourth-order valence-electron chi connectivity index (χ4n) is 1.21. The molecule has 2 unspecified atom stereocenters. The van der Waals surface area contributed by atoms with Gasteiger partial charge in [-0.1, -0.05) is 18.7 Å². The van der Waals surface area contributed by atoms with Crippen molar-refractivity contribution < 1.29 is 4.79 Å². The molecule has 0 spiro atoms. The van der Waals surface area contributed by atoms with Crippen molar-refractivity contribution in [1.82, 2.24) is 10.6 Å². The average molecular weight is 229 g/mol. The van der Waals surface area contributed by atoms with Gasteiger partial charge in [0.1, 0.15) is 0 Å². The van der Waals surface area contributed by atoms with Crippen LogP contribution < -0.4 is 10.6 Å². The lowest BCUT2D eigenvalue weighted by Crippen LogP contribution is -2.41. The standard InChI is InChI=1S/C10H19N3OS/c1-7-6-15-10(13-8(7)2)12-5-4-11-9(3)14/h7-8H,4-6H2,1-3H3,(H,11,14)(H,12,13). The summed E-state index contributed by atoms with van der Waals surface area (Å²) in [6.07, 6.45) is 0. The first kappa shape index (κ1) is 12.4. The van der Waals surface area contributed by atoms with E-state index in [4.69, 9.17) is 0 Å². The van der Waals surface area contributed by atoms with Crippen LogP contribution in [0.3, 0.4) is 0 Å². The number of carbonyl (C=O) groups excluding carboxylic acids is 1. The van der Waals surface area contributed by atoms with Gasteiger partial charge in [-0.05, 0) is 12.8 Å². The highest BCUT2D eigenvalue weighted by Crippen LogP contribution is 2.18. The van der Waals surface area contributed by atoms with Crippen LogP contribution in [0.25, 0.3) is 0 Å². The Morgan fingerprint density at radius 2 is 2.40 bits per heavy atom. The summed E-state index contributed by atoms with van der Waals surface area (Å²) in [5, 5.41) is 7.08. The molecule has 0 aromatic carbocycles. The maximum absolute atomic E-state index is 10.6. The van der Waals surface area contributed by atoms with Gasteiger partial charge in [0.2, 0.25) is 5.91 Å². The molecule has 0 aromatic rings. The van der Waals surface area contributed by atoms with Crippen LogP contribution in [0.2, 0.25) is 0 Å². The fraction of sp³-hybridized carbons (Fsp3) is 0.800. The minimum absolute atomic E-state index is 0.00134. The van der Waals surface area contributed by atoms with E-state index in [0.717, 1.165) is 10.9 Å². The van der Waals surface area contributed by atoms with E-state index in [1.165, 1.54) is 6.92 Å². The van der Waals surface area contributed by atoms with E-state index < -0.39 is 0 Å². The van der Waals surface area contributed by atoms with Crippen LogP contribution in [0.5, 0.6) is 0 Å². The number of nitrogens with zero attached hydrogens (tertiary/aromatic N) is 1. The van der Waals surface area contributed by atoms with E-state index in [1.54, 1.807) is 11.8 Å². The Hall–Kier alpha value is -0.710. The molecule has 1 aliphatic rings. The molecule has 1 heterocycles. The summed E-state index contributed by atoms with van der Waals surface area (Å²) in [6.45, 7) is 7.19. The van der Waals surface area contributed by atoms with Gasteiger partial charge in [-0.3, -0.25) is 9.79 Å². The van der Waals surface area contributed by atoms with Gasteiger partial charge in [-0.2, -0.15) is 0 Å². The quantitative estimate of drug-likeness (QED) is 0.705. The van der Waals surface area contributed by atoms with E-state index in [1.807, 2.05) is 0 Å². The number of hydrogen-bond donors (Lipinski definition) is 2.